The highest BCUT2D eigenvalue weighted by Crippen LogP contribution is 2.39. The third-order valence-corrected chi connectivity index (χ3v) is 9.33. The molecule has 4 nitrogen and oxygen atoms in total. The number of methoxy groups -OCH3 is 1. The predicted octanol–water partition coefficient (Wildman–Crippen LogP) is 3.76. The van der Waals surface area contributed by atoms with Crippen LogP contribution >= 0.6 is 0 Å². The van der Waals surface area contributed by atoms with Crippen molar-refractivity contribution in [2.75, 3.05) is 13.7 Å². The van der Waals surface area contributed by atoms with E-state index in [1.165, 1.54) is 7.11 Å². The summed E-state index contributed by atoms with van der Waals surface area (Å²) in [5, 5.41) is 0.183. The fourth-order valence-electron chi connectivity index (χ4n) is 2.37. The molecule has 5 heteroatoms. The summed E-state index contributed by atoms with van der Waals surface area (Å²) in [6.45, 7) is 13.9. The summed E-state index contributed by atoms with van der Waals surface area (Å²) in [5.74, 6) is -0.320. The van der Waals surface area contributed by atoms with Crippen LogP contribution in [0.4, 0.5) is 0 Å². The fourth-order valence-corrected chi connectivity index (χ4v) is 3.75. The number of rotatable bonds is 5. The van der Waals surface area contributed by atoms with E-state index >= 15 is 0 Å². The average Bonchev–Trinajstić information content (AvgIpc) is 2.38. The van der Waals surface area contributed by atoms with Crippen molar-refractivity contribution >= 4 is 14.3 Å². The second kappa shape index (κ2) is 7.25. The smallest absolute Gasteiger partial charge is 0.308 e. The lowest BCUT2D eigenvalue weighted by molar-refractivity contribution is -0.148. The Hall–Kier alpha value is -0.393. The predicted molar refractivity (Wildman–Crippen MR) is 86.8 cm³/mol. The monoisotopic (exact) mass is 316 g/mol. The van der Waals surface area contributed by atoms with E-state index in [0.29, 0.717) is 6.42 Å². The first-order chi connectivity index (χ1) is 9.58. The first-order valence-corrected chi connectivity index (χ1v) is 10.9. The number of carbonyl (C=O) groups excluding carboxylic acids is 1. The van der Waals surface area contributed by atoms with E-state index in [1.54, 1.807) is 0 Å². The van der Waals surface area contributed by atoms with Crippen LogP contribution in [0.2, 0.25) is 18.1 Å². The molecular formula is C16H32O4Si. The van der Waals surface area contributed by atoms with Crippen molar-refractivity contribution in [2.24, 2.45) is 5.92 Å². The minimum absolute atomic E-state index is 0.00183. The molecule has 0 saturated carbocycles. The van der Waals surface area contributed by atoms with E-state index in [2.05, 4.69) is 33.9 Å². The van der Waals surface area contributed by atoms with Crippen molar-refractivity contribution in [3.8, 4) is 0 Å². The molecule has 0 unspecified atom stereocenters. The van der Waals surface area contributed by atoms with Crippen LogP contribution in [0.5, 0.6) is 0 Å². The molecule has 1 heterocycles. The van der Waals surface area contributed by atoms with Gasteiger partial charge in [-0.1, -0.05) is 27.7 Å². The van der Waals surface area contributed by atoms with Gasteiger partial charge in [0.1, 0.15) is 0 Å². The topological polar surface area (TPSA) is 44.8 Å². The van der Waals surface area contributed by atoms with Gasteiger partial charge in [0.15, 0.2) is 8.32 Å². The van der Waals surface area contributed by atoms with Crippen LogP contribution in [0.3, 0.4) is 0 Å². The molecular weight excluding hydrogens is 284 g/mol. The fraction of sp³-hybridized carbons (Fsp3) is 0.938. The quantitative estimate of drug-likeness (QED) is 0.572. The molecule has 0 bridgehead atoms. The number of esters is 1. The van der Waals surface area contributed by atoms with Gasteiger partial charge in [0.2, 0.25) is 0 Å². The molecule has 21 heavy (non-hydrogen) atoms. The van der Waals surface area contributed by atoms with E-state index in [1.807, 2.05) is 6.92 Å². The van der Waals surface area contributed by atoms with Gasteiger partial charge in [-0.3, -0.25) is 4.79 Å². The second-order valence-corrected chi connectivity index (χ2v) is 12.4. The lowest BCUT2D eigenvalue weighted by atomic mass is 9.96. The number of carbonyl (C=O) groups is 1. The Kier molecular flexibility index (Phi) is 6.44. The lowest BCUT2D eigenvalue weighted by Gasteiger charge is -2.43. The van der Waals surface area contributed by atoms with Crippen molar-refractivity contribution in [3.63, 3.8) is 0 Å². The summed E-state index contributed by atoms with van der Waals surface area (Å²) in [4.78, 5) is 11.6. The van der Waals surface area contributed by atoms with Gasteiger partial charge in [0.05, 0.1) is 25.2 Å². The molecule has 0 aliphatic carbocycles. The largest absolute Gasteiger partial charge is 0.469 e. The highest BCUT2D eigenvalue weighted by atomic mass is 28.4. The van der Waals surface area contributed by atoms with E-state index in [9.17, 15) is 4.79 Å². The first-order valence-electron chi connectivity index (χ1n) is 7.95. The van der Waals surface area contributed by atoms with Gasteiger partial charge in [0, 0.05) is 6.61 Å². The highest BCUT2D eigenvalue weighted by molar-refractivity contribution is 6.74. The molecule has 0 spiro atoms. The Morgan fingerprint density at radius 2 is 2.00 bits per heavy atom. The van der Waals surface area contributed by atoms with Gasteiger partial charge >= 0.3 is 5.97 Å². The molecule has 0 radical (unpaired) electrons. The first kappa shape index (κ1) is 18.7. The van der Waals surface area contributed by atoms with E-state index < -0.39 is 8.32 Å². The Morgan fingerprint density at radius 1 is 1.38 bits per heavy atom. The third kappa shape index (κ3) is 5.08. The molecule has 1 aliphatic heterocycles. The zero-order valence-electron chi connectivity index (χ0n) is 14.7. The number of hydrogen-bond acceptors (Lipinski definition) is 4. The summed E-state index contributed by atoms with van der Waals surface area (Å²) in [6, 6.07) is 0. The van der Waals surface area contributed by atoms with Crippen molar-refractivity contribution < 1.29 is 18.7 Å². The van der Waals surface area contributed by atoms with E-state index in [-0.39, 0.29) is 29.1 Å². The van der Waals surface area contributed by atoms with Gasteiger partial charge in [-0.05, 0) is 37.4 Å². The van der Waals surface area contributed by atoms with Gasteiger partial charge < -0.3 is 13.9 Å². The molecule has 3 atom stereocenters. The average molecular weight is 317 g/mol. The van der Waals surface area contributed by atoms with E-state index in [0.717, 1.165) is 19.4 Å². The maximum Gasteiger partial charge on any atom is 0.308 e. The van der Waals surface area contributed by atoms with Gasteiger partial charge in [-0.15, -0.1) is 0 Å². The van der Waals surface area contributed by atoms with Crippen molar-refractivity contribution in [1.29, 1.82) is 0 Å². The normalized spacial score (nSPS) is 25.5. The molecule has 0 amide bonds. The Morgan fingerprint density at radius 3 is 2.52 bits per heavy atom. The molecule has 124 valence electrons. The van der Waals surface area contributed by atoms with Crippen LogP contribution in [-0.4, -0.2) is 40.2 Å². The maximum atomic E-state index is 11.6. The van der Waals surface area contributed by atoms with Crippen LogP contribution < -0.4 is 0 Å². The molecule has 0 aromatic carbocycles. The van der Waals surface area contributed by atoms with Crippen molar-refractivity contribution in [3.05, 3.63) is 0 Å². The van der Waals surface area contributed by atoms with E-state index in [4.69, 9.17) is 13.9 Å². The minimum Gasteiger partial charge on any atom is -0.469 e. The van der Waals surface area contributed by atoms with Crippen LogP contribution in [-0.2, 0) is 18.7 Å². The molecule has 0 N–H and O–H groups in total. The zero-order valence-corrected chi connectivity index (χ0v) is 15.7. The molecule has 0 aromatic heterocycles. The third-order valence-electron chi connectivity index (χ3n) is 4.82. The SMILES string of the molecule is COC(=O)[C@@H](C)C[C@@H]1OCCC[C@H]1O[Si](C)(C)C(C)(C)C. The molecule has 1 aliphatic rings. The molecule has 1 saturated heterocycles. The number of ether oxygens (including phenoxy) is 2. The van der Waals surface area contributed by atoms with Gasteiger partial charge in [0.25, 0.3) is 0 Å². The van der Waals surface area contributed by atoms with Crippen LogP contribution in [0.25, 0.3) is 0 Å². The van der Waals surface area contributed by atoms with Crippen molar-refractivity contribution in [2.45, 2.75) is 77.3 Å². The van der Waals surface area contributed by atoms with Crippen LogP contribution in [0.1, 0.15) is 47.0 Å². The van der Waals surface area contributed by atoms with Crippen LogP contribution in [0.15, 0.2) is 0 Å². The summed E-state index contributed by atoms with van der Waals surface area (Å²) >= 11 is 0. The summed E-state index contributed by atoms with van der Waals surface area (Å²) < 4.78 is 17.3. The molecule has 0 aromatic rings. The van der Waals surface area contributed by atoms with Gasteiger partial charge in [-0.25, -0.2) is 0 Å². The Balaban J connectivity index is 2.72. The van der Waals surface area contributed by atoms with Gasteiger partial charge in [-0.2, -0.15) is 0 Å². The zero-order chi connectivity index (χ0) is 16.3. The van der Waals surface area contributed by atoms with Crippen LogP contribution in [0, 0.1) is 5.92 Å². The van der Waals surface area contributed by atoms with Crippen molar-refractivity contribution in [1.82, 2.24) is 0 Å². The summed E-state index contributed by atoms with van der Waals surface area (Å²) in [7, 11) is -0.382. The second-order valence-electron chi connectivity index (χ2n) is 7.63. The Labute approximate surface area is 130 Å². The maximum absolute atomic E-state index is 11.6. The molecule has 1 rings (SSSR count). The number of hydrogen-bond donors (Lipinski definition) is 0. The Bertz CT molecular complexity index is 349. The summed E-state index contributed by atoms with van der Waals surface area (Å²) in [5.41, 5.74) is 0. The highest BCUT2D eigenvalue weighted by Gasteiger charge is 2.42. The summed E-state index contributed by atoms with van der Waals surface area (Å²) in [6.07, 6.45) is 2.83. The lowest BCUT2D eigenvalue weighted by Crippen LogP contribution is -2.49. The standard InChI is InChI=1S/C16H32O4Si/c1-12(15(17)18-5)11-14-13(9-8-10-19-14)20-21(6,7)16(2,3)4/h12-14H,8-11H2,1-7H3/t12-,13+,14-/m0/s1. The minimum atomic E-state index is -1.82. The molecule has 1 fully saturated rings.